The highest BCUT2D eigenvalue weighted by atomic mass is 35.5. The Morgan fingerprint density at radius 3 is 2.53 bits per heavy atom. The lowest BCUT2D eigenvalue weighted by atomic mass is 10.0. The van der Waals surface area contributed by atoms with E-state index in [1.54, 1.807) is 0 Å². The van der Waals surface area contributed by atoms with Crippen molar-refractivity contribution in [2.24, 2.45) is 0 Å². The smallest absolute Gasteiger partial charge is 0.245 e. The van der Waals surface area contributed by atoms with E-state index in [2.05, 4.69) is 17.6 Å². The van der Waals surface area contributed by atoms with Gasteiger partial charge in [-0.2, -0.15) is 0 Å². The first-order valence-corrected chi connectivity index (χ1v) is 7.03. The number of amides is 2. The summed E-state index contributed by atoms with van der Waals surface area (Å²) in [5, 5.41) is 6.11. The lowest BCUT2D eigenvalue weighted by Crippen LogP contribution is -2.52. The van der Waals surface area contributed by atoms with Crippen molar-refractivity contribution in [2.75, 3.05) is 19.6 Å². The van der Waals surface area contributed by atoms with Crippen LogP contribution in [0.2, 0.25) is 0 Å². The van der Waals surface area contributed by atoms with Crippen LogP contribution in [0.1, 0.15) is 39.0 Å². The second kappa shape index (κ2) is 7.70. The second-order valence-electron chi connectivity index (χ2n) is 5.17. The minimum atomic E-state index is -0.279. The monoisotopic (exact) mass is 289 g/mol. The quantitative estimate of drug-likeness (QED) is 0.800. The zero-order valence-electron chi connectivity index (χ0n) is 11.5. The van der Waals surface area contributed by atoms with Crippen LogP contribution in [0.4, 0.5) is 0 Å². The Labute approximate surface area is 120 Å². The molecule has 2 amide bonds. The molecule has 0 spiro atoms. The molecule has 2 aliphatic rings. The molecule has 2 rings (SSSR count). The number of nitrogens with zero attached hydrogens (tertiary/aromatic N) is 1. The summed E-state index contributed by atoms with van der Waals surface area (Å²) in [5.41, 5.74) is 0. The molecule has 6 heteroatoms. The standard InChI is InChI=1S/C13H23N3O2.ClH/c1-2-9-16(10-5-7-14-8-6-10)13(18)11-3-4-12(17)15-11;/h10-11,14H,2-9H2,1H3,(H,15,17);1H/t11-;/m0./s1. The summed E-state index contributed by atoms with van der Waals surface area (Å²) in [6, 6.07) is 0.0649. The predicted octanol–water partition coefficient (Wildman–Crippen LogP) is 0.677. The fourth-order valence-corrected chi connectivity index (χ4v) is 2.83. The van der Waals surface area contributed by atoms with Gasteiger partial charge in [-0.25, -0.2) is 0 Å². The largest absolute Gasteiger partial charge is 0.344 e. The topological polar surface area (TPSA) is 61.4 Å². The van der Waals surface area contributed by atoms with Crippen molar-refractivity contribution < 1.29 is 9.59 Å². The van der Waals surface area contributed by atoms with E-state index >= 15 is 0 Å². The van der Waals surface area contributed by atoms with Crippen molar-refractivity contribution in [2.45, 2.75) is 51.1 Å². The van der Waals surface area contributed by atoms with Gasteiger partial charge in [-0.3, -0.25) is 9.59 Å². The normalized spacial score (nSPS) is 23.6. The molecular weight excluding hydrogens is 266 g/mol. The zero-order valence-corrected chi connectivity index (χ0v) is 12.3. The molecule has 0 aromatic rings. The average Bonchev–Trinajstić information content (AvgIpc) is 2.83. The first-order chi connectivity index (χ1) is 8.72. The van der Waals surface area contributed by atoms with Crippen LogP contribution in [-0.4, -0.2) is 48.4 Å². The highest BCUT2D eigenvalue weighted by molar-refractivity contribution is 5.91. The number of nitrogens with one attached hydrogen (secondary N) is 2. The van der Waals surface area contributed by atoms with Crippen LogP contribution >= 0.6 is 12.4 Å². The molecule has 0 aromatic carbocycles. The molecule has 0 bridgehead atoms. The van der Waals surface area contributed by atoms with Crippen LogP contribution < -0.4 is 10.6 Å². The number of piperidine rings is 1. The highest BCUT2D eigenvalue weighted by Gasteiger charge is 2.33. The van der Waals surface area contributed by atoms with Gasteiger partial charge in [0.05, 0.1) is 0 Å². The van der Waals surface area contributed by atoms with Gasteiger partial charge in [0.1, 0.15) is 6.04 Å². The summed E-state index contributed by atoms with van der Waals surface area (Å²) in [6.45, 7) is 4.86. The molecule has 2 N–H and O–H groups in total. The number of carbonyl (C=O) groups is 2. The maximum atomic E-state index is 12.5. The minimum Gasteiger partial charge on any atom is -0.344 e. The summed E-state index contributed by atoms with van der Waals surface area (Å²) in [6.07, 6.45) is 4.15. The molecular formula is C13H24ClN3O2. The van der Waals surface area contributed by atoms with Crippen LogP contribution in [0.3, 0.4) is 0 Å². The number of halogens is 1. The predicted molar refractivity (Wildman–Crippen MR) is 76.3 cm³/mol. The Balaban J connectivity index is 0.00000180. The number of carbonyl (C=O) groups excluding carboxylic acids is 2. The Kier molecular flexibility index (Phi) is 6.58. The van der Waals surface area contributed by atoms with Gasteiger partial charge in [0.15, 0.2) is 0 Å². The lowest BCUT2D eigenvalue weighted by Gasteiger charge is -2.36. The third kappa shape index (κ3) is 4.08. The van der Waals surface area contributed by atoms with Crippen molar-refractivity contribution in [3.05, 3.63) is 0 Å². The van der Waals surface area contributed by atoms with Crippen molar-refractivity contribution >= 4 is 24.2 Å². The Hall–Kier alpha value is -0.810. The molecule has 2 heterocycles. The van der Waals surface area contributed by atoms with Crippen molar-refractivity contribution in [1.29, 1.82) is 0 Å². The van der Waals surface area contributed by atoms with E-state index < -0.39 is 0 Å². The number of hydrogen-bond donors (Lipinski definition) is 2. The molecule has 0 aliphatic carbocycles. The van der Waals surface area contributed by atoms with E-state index in [-0.39, 0.29) is 30.3 Å². The van der Waals surface area contributed by atoms with Gasteiger partial charge < -0.3 is 15.5 Å². The number of rotatable bonds is 4. The molecule has 110 valence electrons. The van der Waals surface area contributed by atoms with Crippen LogP contribution in [0.5, 0.6) is 0 Å². The maximum Gasteiger partial charge on any atom is 0.245 e. The Bertz CT molecular complexity index is 319. The van der Waals surface area contributed by atoms with Gasteiger partial charge >= 0.3 is 0 Å². The maximum absolute atomic E-state index is 12.5. The molecule has 2 fully saturated rings. The summed E-state index contributed by atoms with van der Waals surface area (Å²) in [7, 11) is 0. The third-order valence-electron chi connectivity index (χ3n) is 3.79. The molecule has 19 heavy (non-hydrogen) atoms. The summed E-state index contributed by atoms with van der Waals surface area (Å²) < 4.78 is 0. The second-order valence-corrected chi connectivity index (χ2v) is 5.17. The molecule has 0 radical (unpaired) electrons. The molecule has 5 nitrogen and oxygen atoms in total. The van der Waals surface area contributed by atoms with E-state index in [1.165, 1.54) is 0 Å². The van der Waals surface area contributed by atoms with Gasteiger partial charge in [-0.05, 0) is 38.8 Å². The first-order valence-electron chi connectivity index (χ1n) is 7.03. The molecule has 0 unspecified atom stereocenters. The van der Waals surface area contributed by atoms with Gasteiger partial charge in [0.2, 0.25) is 11.8 Å². The highest BCUT2D eigenvalue weighted by Crippen LogP contribution is 2.17. The first kappa shape index (κ1) is 16.2. The van der Waals surface area contributed by atoms with Crippen molar-refractivity contribution in [1.82, 2.24) is 15.5 Å². The summed E-state index contributed by atoms with van der Waals surface area (Å²) in [5.74, 6) is 0.129. The van der Waals surface area contributed by atoms with Gasteiger partial charge in [-0.15, -0.1) is 12.4 Å². The zero-order chi connectivity index (χ0) is 13.0. The minimum absolute atomic E-state index is 0. The lowest BCUT2D eigenvalue weighted by molar-refractivity contribution is -0.137. The Morgan fingerprint density at radius 1 is 1.32 bits per heavy atom. The third-order valence-corrected chi connectivity index (χ3v) is 3.79. The van der Waals surface area contributed by atoms with E-state index in [4.69, 9.17) is 0 Å². The van der Waals surface area contributed by atoms with Crippen molar-refractivity contribution in [3.8, 4) is 0 Å². The number of hydrogen-bond acceptors (Lipinski definition) is 3. The molecule has 0 aromatic heterocycles. The fraction of sp³-hybridized carbons (Fsp3) is 0.846. The van der Waals surface area contributed by atoms with Crippen LogP contribution in [0.15, 0.2) is 0 Å². The molecule has 0 saturated carbocycles. The summed E-state index contributed by atoms with van der Waals surface area (Å²) in [4.78, 5) is 25.7. The SMILES string of the molecule is CCCN(C(=O)[C@@H]1CCC(=O)N1)C1CCNCC1.Cl. The van der Waals surface area contributed by atoms with Crippen LogP contribution in [0, 0.1) is 0 Å². The fourth-order valence-electron chi connectivity index (χ4n) is 2.83. The average molecular weight is 290 g/mol. The van der Waals surface area contributed by atoms with E-state index in [0.29, 0.717) is 18.9 Å². The van der Waals surface area contributed by atoms with Crippen molar-refractivity contribution in [3.63, 3.8) is 0 Å². The van der Waals surface area contributed by atoms with E-state index in [1.807, 2.05) is 4.90 Å². The molecule has 1 atom stereocenters. The Morgan fingerprint density at radius 2 is 2.00 bits per heavy atom. The van der Waals surface area contributed by atoms with Gasteiger partial charge in [0, 0.05) is 19.0 Å². The van der Waals surface area contributed by atoms with Crippen LogP contribution in [-0.2, 0) is 9.59 Å². The molecule has 2 saturated heterocycles. The van der Waals surface area contributed by atoms with E-state index in [9.17, 15) is 9.59 Å². The van der Waals surface area contributed by atoms with E-state index in [0.717, 1.165) is 38.9 Å². The van der Waals surface area contributed by atoms with Gasteiger partial charge in [-0.1, -0.05) is 6.92 Å². The van der Waals surface area contributed by atoms with Crippen LogP contribution in [0.25, 0.3) is 0 Å². The summed E-state index contributed by atoms with van der Waals surface area (Å²) >= 11 is 0. The van der Waals surface area contributed by atoms with Gasteiger partial charge in [0.25, 0.3) is 0 Å². The molecule has 2 aliphatic heterocycles.